The fraction of sp³-hybridized carbons (Fsp3) is 0.538. The molecule has 0 aromatic heterocycles. The molecule has 0 heterocycles. The Labute approximate surface area is 134 Å². The number of nitrogens with two attached hydrogens (primary N) is 1. The number of alkyl halides is 3. The quantitative estimate of drug-likeness (QED) is 0.878. The minimum atomic E-state index is -4.73. The zero-order chi connectivity index (χ0) is 16.5. The first-order chi connectivity index (χ1) is 9.42. The van der Waals surface area contributed by atoms with Gasteiger partial charge in [0.25, 0.3) is 0 Å². The van der Waals surface area contributed by atoms with Gasteiger partial charge in [0.1, 0.15) is 0 Å². The molecule has 0 amide bonds. The second kappa shape index (κ2) is 7.16. The Kier molecular flexibility index (Phi) is 6.89. The Morgan fingerprint density at radius 2 is 1.68 bits per heavy atom. The molecule has 0 saturated heterocycles. The summed E-state index contributed by atoms with van der Waals surface area (Å²) in [6.07, 6.45) is -4.73. The van der Waals surface area contributed by atoms with Crippen molar-refractivity contribution in [2.24, 2.45) is 11.1 Å². The smallest absolute Gasteiger partial charge is 0.330 e. The number of nitrogens with zero attached hydrogens (tertiary/aromatic N) is 1. The van der Waals surface area contributed by atoms with Gasteiger partial charge in [0.15, 0.2) is 0 Å². The summed E-state index contributed by atoms with van der Waals surface area (Å²) in [5, 5.41) is 0. The maximum atomic E-state index is 12.9. The summed E-state index contributed by atoms with van der Waals surface area (Å²) >= 11 is 0. The van der Waals surface area contributed by atoms with Crippen LogP contribution in [0.15, 0.2) is 29.2 Å². The van der Waals surface area contributed by atoms with E-state index in [1.807, 2.05) is 0 Å². The molecular weight excluding hydrogens is 341 g/mol. The van der Waals surface area contributed by atoms with Crippen LogP contribution >= 0.6 is 12.4 Å². The summed E-state index contributed by atoms with van der Waals surface area (Å²) in [6, 6.07) is 4.15. The SMILES string of the molecule is CN(CC(C)(C)CN)S(=O)(=O)c1ccccc1C(F)(F)F.Cl. The zero-order valence-electron chi connectivity index (χ0n) is 12.5. The van der Waals surface area contributed by atoms with Gasteiger partial charge in [-0.05, 0) is 24.1 Å². The molecular formula is C13H20ClF3N2O2S. The number of hydrogen-bond donors (Lipinski definition) is 1. The number of benzene rings is 1. The maximum Gasteiger partial charge on any atom is 0.417 e. The van der Waals surface area contributed by atoms with Gasteiger partial charge in [0, 0.05) is 13.6 Å². The zero-order valence-corrected chi connectivity index (χ0v) is 14.1. The molecule has 1 aromatic carbocycles. The van der Waals surface area contributed by atoms with Crippen LogP contribution in [0.5, 0.6) is 0 Å². The van der Waals surface area contributed by atoms with E-state index in [2.05, 4.69) is 0 Å². The normalized spacial score (nSPS) is 13.1. The molecule has 0 aliphatic heterocycles. The second-order valence-corrected chi connectivity index (χ2v) is 7.64. The Morgan fingerprint density at radius 1 is 1.18 bits per heavy atom. The fourth-order valence-electron chi connectivity index (χ4n) is 1.85. The molecule has 0 aliphatic rings. The van der Waals surface area contributed by atoms with E-state index in [1.54, 1.807) is 13.8 Å². The largest absolute Gasteiger partial charge is 0.417 e. The fourth-order valence-corrected chi connectivity index (χ4v) is 3.41. The van der Waals surface area contributed by atoms with Crippen molar-refractivity contribution in [1.29, 1.82) is 0 Å². The lowest BCUT2D eigenvalue weighted by Crippen LogP contribution is -2.40. The van der Waals surface area contributed by atoms with E-state index in [1.165, 1.54) is 13.1 Å². The Hall–Kier alpha value is -0.830. The average molecular weight is 361 g/mol. The standard InChI is InChI=1S/C13H19F3N2O2S.ClH/c1-12(2,8-17)9-18(3)21(19,20)11-7-5-4-6-10(11)13(14,15)16;/h4-7H,8-9,17H2,1-3H3;1H. The molecule has 0 spiro atoms. The maximum absolute atomic E-state index is 12.9. The molecule has 0 fully saturated rings. The van der Waals surface area contributed by atoms with Gasteiger partial charge in [-0.3, -0.25) is 0 Å². The molecule has 2 N–H and O–H groups in total. The molecule has 4 nitrogen and oxygen atoms in total. The van der Waals surface area contributed by atoms with Crippen molar-refractivity contribution >= 4 is 22.4 Å². The van der Waals surface area contributed by atoms with Crippen LogP contribution in [0, 0.1) is 5.41 Å². The number of rotatable bonds is 5. The third-order valence-electron chi connectivity index (χ3n) is 3.08. The highest BCUT2D eigenvalue weighted by atomic mass is 35.5. The van der Waals surface area contributed by atoms with Gasteiger partial charge in [0.05, 0.1) is 10.5 Å². The van der Waals surface area contributed by atoms with E-state index >= 15 is 0 Å². The second-order valence-electron chi connectivity index (χ2n) is 5.62. The molecule has 22 heavy (non-hydrogen) atoms. The van der Waals surface area contributed by atoms with Gasteiger partial charge in [-0.2, -0.15) is 13.2 Å². The van der Waals surface area contributed by atoms with E-state index in [9.17, 15) is 21.6 Å². The van der Waals surface area contributed by atoms with Crippen LogP contribution in [-0.2, 0) is 16.2 Å². The molecule has 0 unspecified atom stereocenters. The molecule has 1 aromatic rings. The first-order valence-corrected chi connectivity index (χ1v) is 7.68. The van der Waals surface area contributed by atoms with Gasteiger partial charge in [-0.25, -0.2) is 12.7 Å². The number of hydrogen-bond acceptors (Lipinski definition) is 3. The first-order valence-electron chi connectivity index (χ1n) is 6.24. The van der Waals surface area contributed by atoms with Crippen molar-refractivity contribution in [3.63, 3.8) is 0 Å². The number of sulfonamides is 1. The molecule has 0 radical (unpaired) electrons. The summed E-state index contributed by atoms with van der Waals surface area (Å²) in [5.74, 6) is 0. The van der Waals surface area contributed by atoms with E-state index in [0.29, 0.717) is 0 Å². The lowest BCUT2D eigenvalue weighted by molar-refractivity contribution is -0.139. The monoisotopic (exact) mass is 360 g/mol. The van der Waals surface area contributed by atoms with Crippen LogP contribution in [0.3, 0.4) is 0 Å². The lowest BCUT2D eigenvalue weighted by atomic mass is 9.94. The van der Waals surface area contributed by atoms with Crippen molar-refractivity contribution in [2.45, 2.75) is 24.9 Å². The van der Waals surface area contributed by atoms with Crippen LogP contribution in [0.25, 0.3) is 0 Å². The van der Waals surface area contributed by atoms with Crippen molar-refractivity contribution in [2.75, 3.05) is 20.1 Å². The highest BCUT2D eigenvalue weighted by molar-refractivity contribution is 7.89. The van der Waals surface area contributed by atoms with Crippen molar-refractivity contribution in [3.05, 3.63) is 29.8 Å². The van der Waals surface area contributed by atoms with E-state index in [0.717, 1.165) is 22.5 Å². The predicted molar refractivity (Wildman–Crippen MR) is 81.3 cm³/mol. The topological polar surface area (TPSA) is 63.4 Å². The molecule has 0 bridgehead atoms. The van der Waals surface area contributed by atoms with E-state index in [4.69, 9.17) is 5.73 Å². The van der Waals surface area contributed by atoms with Crippen molar-refractivity contribution in [3.8, 4) is 0 Å². The summed E-state index contributed by atoms with van der Waals surface area (Å²) in [7, 11) is -2.99. The molecule has 0 saturated carbocycles. The third-order valence-corrected chi connectivity index (χ3v) is 4.95. The van der Waals surface area contributed by atoms with Crippen LogP contribution in [0.4, 0.5) is 13.2 Å². The summed E-state index contributed by atoms with van der Waals surface area (Å²) in [4.78, 5) is -0.743. The number of halogens is 4. The minimum absolute atomic E-state index is 0. The van der Waals surface area contributed by atoms with Crippen molar-refractivity contribution in [1.82, 2.24) is 4.31 Å². The molecule has 0 atom stereocenters. The summed E-state index contributed by atoms with van der Waals surface area (Å²) < 4.78 is 64.5. The van der Waals surface area contributed by atoms with Crippen LogP contribution in [-0.4, -0.2) is 32.9 Å². The predicted octanol–water partition coefficient (Wildman–Crippen LogP) is 2.73. The molecule has 128 valence electrons. The van der Waals surface area contributed by atoms with Gasteiger partial charge in [-0.1, -0.05) is 26.0 Å². The Bertz CT molecular complexity index is 604. The lowest BCUT2D eigenvalue weighted by Gasteiger charge is -2.29. The Balaban J connectivity index is 0.00000441. The van der Waals surface area contributed by atoms with E-state index < -0.39 is 32.1 Å². The third kappa shape index (κ3) is 4.84. The van der Waals surface area contributed by atoms with Gasteiger partial charge < -0.3 is 5.73 Å². The van der Waals surface area contributed by atoms with Gasteiger partial charge in [0.2, 0.25) is 10.0 Å². The van der Waals surface area contributed by atoms with Gasteiger partial charge in [-0.15, -0.1) is 12.4 Å². The molecule has 0 aliphatic carbocycles. The van der Waals surface area contributed by atoms with Crippen LogP contribution < -0.4 is 5.73 Å². The first kappa shape index (κ1) is 21.2. The van der Waals surface area contributed by atoms with Crippen LogP contribution in [0.1, 0.15) is 19.4 Å². The average Bonchev–Trinajstić information content (AvgIpc) is 2.37. The Morgan fingerprint density at radius 3 is 2.14 bits per heavy atom. The molecule has 9 heteroatoms. The minimum Gasteiger partial charge on any atom is -0.330 e. The van der Waals surface area contributed by atoms with Crippen LogP contribution in [0.2, 0.25) is 0 Å². The van der Waals surface area contributed by atoms with Crippen molar-refractivity contribution < 1.29 is 21.6 Å². The van der Waals surface area contributed by atoms with E-state index in [-0.39, 0.29) is 25.5 Å². The highest BCUT2D eigenvalue weighted by Gasteiger charge is 2.38. The highest BCUT2D eigenvalue weighted by Crippen LogP contribution is 2.35. The molecule has 1 rings (SSSR count). The summed E-state index contributed by atoms with van der Waals surface area (Å²) in [5.41, 5.74) is 3.84. The summed E-state index contributed by atoms with van der Waals surface area (Å²) in [6.45, 7) is 3.73. The van der Waals surface area contributed by atoms with Gasteiger partial charge >= 0.3 is 6.18 Å².